The van der Waals surface area contributed by atoms with Crippen LogP contribution in [0.1, 0.15) is 73.0 Å². The molecule has 1 aromatic heterocycles. The van der Waals surface area contributed by atoms with E-state index >= 15 is 0 Å². The van der Waals surface area contributed by atoms with Crippen molar-refractivity contribution in [3.63, 3.8) is 0 Å². The highest BCUT2D eigenvalue weighted by molar-refractivity contribution is 6.61. The van der Waals surface area contributed by atoms with Gasteiger partial charge in [-0.2, -0.15) is 0 Å². The summed E-state index contributed by atoms with van der Waals surface area (Å²) in [6, 6.07) is -0.111. The first-order valence-corrected chi connectivity index (χ1v) is 9.57. The lowest BCUT2D eigenvalue weighted by Crippen LogP contribution is -2.41. The summed E-state index contributed by atoms with van der Waals surface area (Å²) in [4.78, 5) is 23.3. The Balaban J connectivity index is 1.73. The summed E-state index contributed by atoms with van der Waals surface area (Å²) in [6.07, 6.45) is 4.87. The van der Waals surface area contributed by atoms with E-state index in [0.717, 1.165) is 18.5 Å². The maximum absolute atomic E-state index is 12.5. The van der Waals surface area contributed by atoms with E-state index < -0.39 is 23.9 Å². The molecular weight excluding hydrogens is 345 g/mol. The van der Waals surface area contributed by atoms with Gasteiger partial charge in [-0.15, -0.1) is 0 Å². The molecular formula is C19H30BN3O4. The van der Waals surface area contributed by atoms with Gasteiger partial charge in [0.2, 0.25) is 0 Å². The van der Waals surface area contributed by atoms with Crippen LogP contribution in [0.4, 0.5) is 4.79 Å². The van der Waals surface area contributed by atoms with Gasteiger partial charge >= 0.3 is 13.2 Å². The first kappa shape index (κ1) is 20.1. The first-order chi connectivity index (χ1) is 12.4. The summed E-state index contributed by atoms with van der Waals surface area (Å²) >= 11 is 0. The number of hydrogen-bond acceptors (Lipinski definition) is 6. The second-order valence-corrected chi connectivity index (χ2v) is 9.29. The van der Waals surface area contributed by atoms with Crippen LogP contribution < -0.4 is 5.59 Å². The van der Waals surface area contributed by atoms with Crippen LogP contribution in [-0.2, 0) is 14.0 Å². The zero-order valence-electron chi connectivity index (χ0n) is 17.4. The maximum atomic E-state index is 12.5. The van der Waals surface area contributed by atoms with Crippen LogP contribution in [-0.4, -0.2) is 51.4 Å². The lowest BCUT2D eigenvalue weighted by molar-refractivity contribution is 0.00578. The molecule has 148 valence electrons. The van der Waals surface area contributed by atoms with E-state index in [1.807, 2.05) is 48.5 Å². The Morgan fingerprint density at radius 1 is 1.19 bits per heavy atom. The summed E-state index contributed by atoms with van der Waals surface area (Å²) in [6.45, 7) is 14.3. The molecule has 0 saturated carbocycles. The number of hydrogen-bond donors (Lipinski definition) is 0. The molecule has 2 saturated heterocycles. The molecule has 3 rings (SSSR count). The molecule has 1 unspecified atom stereocenters. The fourth-order valence-electron chi connectivity index (χ4n) is 3.22. The molecule has 27 heavy (non-hydrogen) atoms. The SMILES string of the molecule is CC(C)(C)OC(=O)N1CCCC1c1cnc(B2OC(C)(C)C(C)(C)O2)cn1. The van der Waals surface area contributed by atoms with Crippen molar-refractivity contribution in [2.24, 2.45) is 0 Å². The molecule has 1 amide bonds. The van der Waals surface area contributed by atoms with Crippen molar-refractivity contribution in [1.82, 2.24) is 14.9 Å². The number of likely N-dealkylation sites (tertiary alicyclic amines) is 1. The number of carbonyl (C=O) groups is 1. The number of ether oxygens (including phenoxy) is 1. The second-order valence-electron chi connectivity index (χ2n) is 9.29. The van der Waals surface area contributed by atoms with Crippen molar-refractivity contribution in [2.45, 2.75) is 84.2 Å². The molecule has 2 fully saturated rings. The van der Waals surface area contributed by atoms with E-state index in [-0.39, 0.29) is 12.1 Å². The van der Waals surface area contributed by atoms with Crippen LogP contribution in [0.25, 0.3) is 0 Å². The van der Waals surface area contributed by atoms with Crippen molar-refractivity contribution < 1.29 is 18.8 Å². The molecule has 0 aliphatic carbocycles. The topological polar surface area (TPSA) is 73.8 Å². The Labute approximate surface area is 161 Å². The molecule has 8 heteroatoms. The van der Waals surface area contributed by atoms with Gasteiger partial charge in [-0.3, -0.25) is 14.9 Å². The third-order valence-electron chi connectivity index (χ3n) is 5.41. The van der Waals surface area contributed by atoms with Gasteiger partial charge in [0, 0.05) is 12.7 Å². The fraction of sp³-hybridized carbons (Fsp3) is 0.737. The largest absolute Gasteiger partial charge is 0.516 e. The average Bonchev–Trinajstić information content (AvgIpc) is 3.09. The average molecular weight is 375 g/mol. The third kappa shape index (κ3) is 4.11. The molecule has 0 spiro atoms. The van der Waals surface area contributed by atoms with Gasteiger partial charge in [0.15, 0.2) is 0 Å². The summed E-state index contributed by atoms with van der Waals surface area (Å²) < 4.78 is 17.6. The van der Waals surface area contributed by atoms with Gasteiger partial charge in [-0.25, -0.2) is 4.79 Å². The lowest BCUT2D eigenvalue weighted by Gasteiger charge is -2.32. The smallest absolute Gasteiger partial charge is 0.444 e. The van der Waals surface area contributed by atoms with Crippen molar-refractivity contribution in [3.05, 3.63) is 18.1 Å². The number of carbonyl (C=O) groups excluding carboxylic acids is 1. The van der Waals surface area contributed by atoms with E-state index in [9.17, 15) is 4.79 Å². The minimum Gasteiger partial charge on any atom is -0.444 e. The van der Waals surface area contributed by atoms with Crippen molar-refractivity contribution >= 4 is 18.8 Å². The Hall–Kier alpha value is -1.67. The monoisotopic (exact) mass is 375 g/mol. The van der Waals surface area contributed by atoms with Crippen molar-refractivity contribution in [1.29, 1.82) is 0 Å². The highest BCUT2D eigenvalue weighted by atomic mass is 16.7. The number of amides is 1. The van der Waals surface area contributed by atoms with Gasteiger partial charge in [-0.05, 0) is 61.3 Å². The molecule has 7 nitrogen and oxygen atoms in total. The summed E-state index contributed by atoms with van der Waals surface area (Å²) in [7, 11) is -0.540. The molecule has 1 atom stereocenters. The molecule has 2 aliphatic rings. The molecule has 2 aliphatic heterocycles. The minimum absolute atomic E-state index is 0.111. The van der Waals surface area contributed by atoms with Crippen LogP contribution in [0.3, 0.4) is 0 Å². The lowest BCUT2D eigenvalue weighted by atomic mass is 9.85. The molecule has 0 bridgehead atoms. The van der Waals surface area contributed by atoms with Gasteiger partial charge in [0.25, 0.3) is 0 Å². The summed E-state index contributed by atoms with van der Waals surface area (Å²) in [5.41, 5.74) is 0.0441. The van der Waals surface area contributed by atoms with Crippen molar-refractivity contribution in [3.8, 4) is 0 Å². The maximum Gasteiger partial charge on any atom is 0.516 e. The predicted molar refractivity (Wildman–Crippen MR) is 103 cm³/mol. The number of aromatic nitrogens is 2. The minimum atomic E-state index is -0.540. The molecule has 0 aromatic carbocycles. The predicted octanol–water partition coefficient (Wildman–Crippen LogP) is 2.85. The normalized spacial score (nSPS) is 24.3. The fourth-order valence-corrected chi connectivity index (χ4v) is 3.22. The van der Waals surface area contributed by atoms with E-state index in [2.05, 4.69) is 9.97 Å². The highest BCUT2D eigenvalue weighted by Gasteiger charge is 2.52. The van der Waals surface area contributed by atoms with E-state index in [1.165, 1.54) is 0 Å². The first-order valence-electron chi connectivity index (χ1n) is 9.57. The van der Waals surface area contributed by atoms with Gasteiger partial charge in [0.05, 0.1) is 34.7 Å². The van der Waals surface area contributed by atoms with Crippen molar-refractivity contribution in [2.75, 3.05) is 6.54 Å². The van der Waals surface area contributed by atoms with Crippen LogP contribution >= 0.6 is 0 Å². The highest BCUT2D eigenvalue weighted by Crippen LogP contribution is 2.36. The standard InChI is InChI=1S/C19H30BN3O4/c1-17(2,3)25-16(24)23-10-8-9-14(23)13-11-22-15(12-21-13)20-26-18(4,5)19(6,7)27-20/h11-12,14H,8-10H2,1-7H3. The Kier molecular flexibility index (Phi) is 5.01. The zero-order valence-corrected chi connectivity index (χ0v) is 17.4. The molecule has 3 heterocycles. The third-order valence-corrected chi connectivity index (χ3v) is 5.41. The Bertz CT molecular complexity index is 684. The van der Waals surface area contributed by atoms with Gasteiger partial charge in [0.1, 0.15) is 5.60 Å². The summed E-state index contributed by atoms with van der Waals surface area (Å²) in [5, 5.41) is 0. The van der Waals surface area contributed by atoms with Crippen LogP contribution in [0, 0.1) is 0 Å². The van der Waals surface area contributed by atoms with Crippen LogP contribution in [0.15, 0.2) is 12.4 Å². The zero-order chi connectivity index (χ0) is 20.0. The Morgan fingerprint density at radius 2 is 1.81 bits per heavy atom. The van der Waals surface area contributed by atoms with E-state index in [1.54, 1.807) is 17.3 Å². The van der Waals surface area contributed by atoms with E-state index in [4.69, 9.17) is 14.0 Å². The number of rotatable bonds is 2. The summed E-state index contributed by atoms with van der Waals surface area (Å²) in [5.74, 6) is 0. The molecule has 0 N–H and O–H groups in total. The van der Waals surface area contributed by atoms with Crippen LogP contribution in [0.5, 0.6) is 0 Å². The van der Waals surface area contributed by atoms with Crippen LogP contribution in [0.2, 0.25) is 0 Å². The number of nitrogens with zero attached hydrogens (tertiary/aromatic N) is 3. The van der Waals surface area contributed by atoms with E-state index in [0.29, 0.717) is 12.1 Å². The quantitative estimate of drug-likeness (QED) is 0.740. The van der Waals surface area contributed by atoms with Gasteiger partial charge < -0.3 is 14.0 Å². The second kappa shape index (κ2) is 6.74. The molecule has 1 aromatic rings. The van der Waals surface area contributed by atoms with Gasteiger partial charge in [-0.1, -0.05) is 0 Å². The molecule has 0 radical (unpaired) electrons. The Morgan fingerprint density at radius 3 is 2.33 bits per heavy atom.